The van der Waals surface area contributed by atoms with Crippen LogP contribution in [-0.2, 0) is 32.0 Å². The Hall–Kier alpha value is -2.67. The minimum atomic E-state index is -0.718. The molecule has 0 radical (unpaired) electrons. The summed E-state index contributed by atoms with van der Waals surface area (Å²) in [4.78, 5) is 38.8. The summed E-state index contributed by atoms with van der Waals surface area (Å²) < 4.78 is 10.0. The van der Waals surface area contributed by atoms with Crippen molar-refractivity contribution in [2.45, 2.75) is 25.9 Å². The summed E-state index contributed by atoms with van der Waals surface area (Å²) in [7, 11) is 1.30. The van der Waals surface area contributed by atoms with Gasteiger partial charge in [-0.15, -0.1) is 11.3 Å². The zero-order valence-electron chi connectivity index (χ0n) is 14.6. The number of benzene rings is 1. The Balaban J connectivity index is 1.72. The van der Waals surface area contributed by atoms with Crippen molar-refractivity contribution in [1.29, 1.82) is 0 Å². The second-order valence-corrected chi connectivity index (χ2v) is 6.96. The van der Waals surface area contributed by atoms with Crippen LogP contribution in [0, 0.1) is 6.92 Å². The van der Waals surface area contributed by atoms with Crippen LogP contribution in [0.15, 0.2) is 35.7 Å². The molecule has 26 heavy (non-hydrogen) atoms. The summed E-state index contributed by atoms with van der Waals surface area (Å²) >= 11 is 1.27. The molecule has 3 rings (SSSR count). The fourth-order valence-corrected chi connectivity index (χ4v) is 3.81. The molecule has 0 unspecified atom stereocenters. The lowest BCUT2D eigenvalue weighted by Gasteiger charge is -2.35. The molecule has 6 nitrogen and oxygen atoms in total. The quantitative estimate of drug-likeness (QED) is 0.769. The number of methoxy groups -OCH3 is 1. The van der Waals surface area contributed by atoms with Gasteiger partial charge in [0, 0.05) is 13.0 Å². The highest BCUT2D eigenvalue weighted by atomic mass is 32.1. The largest absolute Gasteiger partial charge is 0.467 e. The van der Waals surface area contributed by atoms with Crippen LogP contribution < -0.4 is 0 Å². The van der Waals surface area contributed by atoms with Crippen molar-refractivity contribution in [3.63, 3.8) is 0 Å². The van der Waals surface area contributed by atoms with Crippen LogP contribution >= 0.6 is 11.3 Å². The summed E-state index contributed by atoms with van der Waals surface area (Å²) in [5.41, 5.74) is 2.80. The number of esters is 2. The minimum Gasteiger partial charge on any atom is -0.467 e. The number of nitrogens with zero attached hydrogens (tertiary/aromatic N) is 1. The lowest BCUT2D eigenvalue weighted by Crippen LogP contribution is -2.50. The molecule has 2 aromatic rings. The normalized spacial score (nSPS) is 15.9. The Morgan fingerprint density at radius 3 is 2.58 bits per heavy atom. The molecule has 1 atom stereocenters. The SMILES string of the molecule is COC(=O)[C@H]1Cc2ccccc2CN1C(=O)COC(=O)c1sccc1C. The molecule has 0 saturated heterocycles. The molecule has 1 amide bonds. The number of ether oxygens (including phenoxy) is 2. The first-order valence-corrected chi connectivity index (χ1v) is 9.04. The number of carbonyl (C=O) groups is 3. The Morgan fingerprint density at radius 1 is 1.19 bits per heavy atom. The van der Waals surface area contributed by atoms with E-state index in [1.54, 1.807) is 5.38 Å². The van der Waals surface area contributed by atoms with Crippen LogP contribution in [0.1, 0.15) is 26.4 Å². The van der Waals surface area contributed by atoms with E-state index in [-0.39, 0.29) is 6.54 Å². The number of carbonyl (C=O) groups excluding carboxylic acids is 3. The summed E-state index contributed by atoms with van der Waals surface area (Å²) in [5.74, 6) is -1.43. The zero-order chi connectivity index (χ0) is 18.7. The molecule has 0 fully saturated rings. The number of hydrogen-bond acceptors (Lipinski definition) is 6. The number of fused-ring (bicyclic) bond motifs is 1. The number of amides is 1. The molecule has 136 valence electrons. The Labute approximate surface area is 155 Å². The molecule has 0 bridgehead atoms. The van der Waals surface area contributed by atoms with Gasteiger partial charge in [0.1, 0.15) is 10.9 Å². The molecule has 0 saturated carbocycles. The summed E-state index contributed by atoms with van der Waals surface area (Å²) in [5, 5.41) is 1.79. The number of hydrogen-bond donors (Lipinski definition) is 0. The second kappa shape index (κ2) is 7.70. The topological polar surface area (TPSA) is 72.9 Å². The third kappa shape index (κ3) is 3.62. The smallest absolute Gasteiger partial charge is 0.349 e. The maximum Gasteiger partial charge on any atom is 0.349 e. The average Bonchev–Trinajstić information content (AvgIpc) is 3.10. The van der Waals surface area contributed by atoms with E-state index >= 15 is 0 Å². The Morgan fingerprint density at radius 2 is 1.92 bits per heavy atom. The summed E-state index contributed by atoms with van der Waals surface area (Å²) in [6.45, 7) is 1.68. The highest BCUT2D eigenvalue weighted by Gasteiger charge is 2.35. The molecule has 0 spiro atoms. The maximum absolute atomic E-state index is 12.6. The van der Waals surface area contributed by atoms with Crippen molar-refractivity contribution in [1.82, 2.24) is 4.90 Å². The van der Waals surface area contributed by atoms with Gasteiger partial charge in [0.05, 0.1) is 7.11 Å². The van der Waals surface area contributed by atoms with Crippen LogP contribution in [0.3, 0.4) is 0 Å². The van der Waals surface area contributed by atoms with Gasteiger partial charge in [-0.2, -0.15) is 0 Å². The number of aryl methyl sites for hydroxylation is 1. The Bertz CT molecular complexity index is 844. The highest BCUT2D eigenvalue weighted by Crippen LogP contribution is 2.24. The molecule has 1 aliphatic heterocycles. The third-order valence-corrected chi connectivity index (χ3v) is 5.41. The van der Waals surface area contributed by atoms with Crippen molar-refractivity contribution >= 4 is 29.2 Å². The van der Waals surface area contributed by atoms with E-state index in [1.807, 2.05) is 37.3 Å². The van der Waals surface area contributed by atoms with Gasteiger partial charge < -0.3 is 14.4 Å². The first-order valence-electron chi connectivity index (χ1n) is 8.16. The monoisotopic (exact) mass is 373 g/mol. The van der Waals surface area contributed by atoms with Gasteiger partial charge in [-0.1, -0.05) is 24.3 Å². The van der Waals surface area contributed by atoms with Gasteiger partial charge >= 0.3 is 11.9 Å². The molecule has 7 heteroatoms. The predicted molar refractivity (Wildman–Crippen MR) is 95.8 cm³/mol. The van der Waals surface area contributed by atoms with Crippen molar-refractivity contribution in [2.75, 3.05) is 13.7 Å². The van der Waals surface area contributed by atoms with Crippen LogP contribution in [0.2, 0.25) is 0 Å². The molecular weight excluding hydrogens is 354 g/mol. The molecule has 0 aliphatic carbocycles. The molecule has 1 aromatic heterocycles. The second-order valence-electron chi connectivity index (χ2n) is 6.04. The van der Waals surface area contributed by atoms with Crippen LogP contribution in [0.25, 0.3) is 0 Å². The number of rotatable bonds is 4. The predicted octanol–water partition coefficient (Wildman–Crippen LogP) is 2.34. The van der Waals surface area contributed by atoms with Crippen LogP contribution in [-0.4, -0.2) is 42.5 Å². The van der Waals surface area contributed by atoms with Gasteiger partial charge in [0.25, 0.3) is 5.91 Å². The minimum absolute atomic E-state index is 0.282. The van der Waals surface area contributed by atoms with Crippen LogP contribution in [0.5, 0.6) is 0 Å². The van der Waals surface area contributed by atoms with E-state index in [4.69, 9.17) is 9.47 Å². The van der Waals surface area contributed by atoms with Crippen LogP contribution in [0.4, 0.5) is 0 Å². The fourth-order valence-electron chi connectivity index (χ4n) is 2.99. The number of thiophene rings is 1. The molecule has 2 heterocycles. The van der Waals surface area contributed by atoms with E-state index in [2.05, 4.69) is 0 Å². The maximum atomic E-state index is 12.6. The van der Waals surface area contributed by atoms with Gasteiger partial charge in [0.15, 0.2) is 6.61 Å². The van der Waals surface area contributed by atoms with Gasteiger partial charge in [-0.25, -0.2) is 9.59 Å². The van der Waals surface area contributed by atoms with Gasteiger partial charge in [-0.3, -0.25) is 4.79 Å². The van der Waals surface area contributed by atoms with Crippen molar-refractivity contribution in [2.24, 2.45) is 0 Å². The van der Waals surface area contributed by atoms with E-state index < -0.39 is 30.5 Å². The lowest BCUT2D eigenvalue weighted by molar-refractivity contribution is -0.155. The first kappa shape index (κ1) is 18.1. The summed E-state index contributed by atoms with van der Waals surface area (Å²) in [6.07, 6.45) is 0.382. The van der Waals surface area contributed by atoms with Crippen molar-refractivity contribution in [3.8, 4) is 0 Å². The third-order valence-electron chi connectivity index (χ3n) is 4.42. The van der Waals surface area contributed by atoms with E-state index in [1.165, 1.54) is 23.3 Å². The highest BCUT2D eigenvalue weighted by molar-refractivity contribution is 7.12. The molecule has 0 N–H and O–H groups in total. The average molecular weight is 373 g/mol. The zero-order valence-corrected chi connectivity index (χ0v) is 15.4. The standard InChI is InChI=1S/C19H19NO5S/c1-12-7-8-26-17(12)19(23)25-11-16(21)20-10-14-6-4-3-5-13(14)9-15(20)18(22)24-2/h3-8,15H,9-11H2,1-2H3/t15-/m1/s1. The van der Waals surface area contributed by atoms with Gasteiger partial charge in [0.2, 0.25) is 0 Å². The van der Waals surface area contributed by atoms with E-state index in [9.17, 15) is 14.4 Å². The van der Waals surface area contributed by atoms with E-state index in [0.29, 0.717) is 11.3 Å². The molecular formula is C19H19NO5S. The van der Waals surface area contributed by atoms with Crippen molar-refractivity contribution < 1.29 is 23.9 Å². The fraction of sp³-hybridized carbons (Fsp3) is 0.316. The first-order chi connectivity index (χ1) is 12.5. The van der Waals surface area contributed by atoms with Gasteiger partial charge in [-0.05, 0) is 35.1 Å². The lowest BCUT2D eigenvalue weighted by atomic mass is 9.94. The Kier molecular flexibility index (Phi) is 5.37. The molecule has 1 aromatic carbocycles. The molecule has 1 aliphatic rings. The van der Waals surface area contributed by atoms with E-state index in [0.717, 1.165) is 16.7 Å². The van der Waals surface area contributed by atoms with Crippen molar-refractivity contribution in [3.05, 3.63) is 57.3 Å². The summed E-state index contributed by atoms with van der Waals surface area (Å²) in [6, 6.07) is 8.74.